The van der Waals surface area contributed by atoms with Gasteiger partial charge in [-0.1, -0.05) is 33.6 Å². The maximum Gasteiger partial charge on any atom is 0.124 e. The summed E-state index contributed by atoms with van der Waals surface area (Å²) in [7, 11) is 3.49. The van der Waals surface area contributed by atoms with Gasteiger partial charge in [0.25, 0.3) is 0 Å². The number of rotatable bonds is 5. The molecule has 0 aliphatic carbocycles. The zero-order chi connectivity index (χ0) is 15.4. The number of hydrogen-bond acceptors (Lipinski definition) is 2. The lowest BCUT2D eigenvalue weighted by Gasteiger charge is -2.20. The van der Waals surface area contributed by atoms with Crippen LogP contribution < -0.4 is 10.1 Å². The fraction of sp³-hybridized carbons (Fsp3) is 0.250. The molecule has 0 heterocycles. The Labute approximate surface area is 137 Å². The number of likely N-dealkylation sites (N-methyl/N-ethyl adjacent to an activating group) is 1. The number of halogens is 3. The van der Waals surface area contributed by atoms with Crippen molar-refractivity contribution in [3.8, 4) is 5.75 Å². The zero-order valence-electron chi connectivity index (χ0n) is 11.8. The lowest BCUT2D eigenvalue weighted by molar-refractivity contribution is 0.401. The summed E-state index contributed by atoms with van der Waals surface area (Å²) in [5, 5.41) is 3.79. The van der Waals surface area contributed by atoms with Gasteiger partial charge in [0, 0.05) is 21.1 Å². The topological polar surface area (TPSA) is 21.3 Å². The fourth-order valence-electron chi connectivity index (χ4n) is 2.26. The van der Waals surface area contributed by atoms with E-state index in [1.807, 2.05) is 25.2 Å². The van der Waals surface area contributed by atoms with E-state index in [2.05, 4.69) is 21.2 Å². The molecular weight excluding hydrogens is 357 g/mol. The highest BCUT2D eigenvalue weighted by atomic mass is 79.9. The van der Waals surface area contributed by atoms with E-state index in [4.69, 9.17) is 16.3 Å². The van der Waals surface area contributed by atoms with E-state index >= 15 is 0 Å². The quantitative estimate of drug-likeness (QED) is 0.817. The summed E-state index contributed by atoms with van der Waals surface area (Å²) >= 11 is 9.58. The van der Waals surface area contributed by atoms with Crippen molar-refractivity contribution in [2.24, 2.45) is 0 Å². The van der Waals surface area contributed by atoms with E-state index < -0.39 is 0 Å². The molecule has 0 bridgehead atoms. The molecule has 5 heteroatoms. The van der Waals surface area contributed by atoms with E-state index in [0.717, 1.165) is 21.3 Å². The first-order chi connectivity index (χ1) is 10.0. The van der Waals surface area contributed by atoms with Crippen molar-refractivity contribution in [1.29, 1.82) is 0 Å². The van der Waals surface area contributed by atoms with Gasteiger partial charge < -0.3 is 10.1 Å². The monoisotopic (exact) mass is 371 g/mol. The highest BCUT2D eigenvalue weighted by Gasteiger charge is 2.17. The number of methoxy groups -OCH3 is 1. The second-order valence-corrected chi connectivity index (χ2v) is 5.99. The van der Waals surface area contributed by atoms with Crippen LogP contribution in [-0.2, 0) is 6.42 Å². The summed E-state index contributed by atoms with van der Waals surface area (Å²) in [5.41, 5.74) is 1.77. The first kappa shape index (κ1) is 16.3. The Morgan fingerprint density at radius 2 is 2.05 bits per heavy atom. The van der Waals surface area contributed by atoms with Gasteiger partial charge in [-0.2, -0.15) is 0 Å². The van der Waals surface area contributed by atoms with Gasteiger partial charge in [-0.25, -0.2) is 4.39 Å². The SMILES string of the molecule is CNC(Cc1cc(F)ccc1Cl)c1ccc(Br)cc1OC. The summed E-state index contributed by atoms with van der Waals surface area (Å²) in [6.45, 7) is 0. The number of ether oxygens (including phenoxy) is 1. The Bertz CT molecular complexity index is 636. The van der Waals surface area contributed by atoms with Crippen LogP contribution in [0.4, 0.5) is 4.39 Å². The van der Waals surface area contributed by atoms with Gasteiger partial charge in [-0.15, -0.1) is 0 Å². The van der Waals surface area contributed by atoms with Crippen molar-refractivity contribution in [1.82, 2.24) is 5.32 Å². The van der Waals surface area contributed by atoms with Crippen molar-refractivity contribution in [2.75, 3.05) is 14.2 Å². The molecule has 0 radical (unpaired) electrons. The maximum absolute atomic E-state index is 13.4. The van der Waals surface area contributed by atoms with Crippen LogP contribution >= 0.6 is 27.5 Å². The minimum Gasteiger partial charge on any atom is -0.496 e. The highest BCUT2D eigenvalue weighted by molar-refractivity contribution is 9.10. The molecule has 2 aromatic rings. The second kappa shape index (κ2) is 7.25. The van der Waals surface area contributed by atoms with Crippen molar-refractivity contribution in [3.05, 3.63) is 62.8 Å². The van der Waals surface area contributed by atoms with Crippen LogP contribution in [0.3, 0.4) is 0 Å². The maximum atomic E-state index is 13.4. The van der Waals surface area contributed by atoms with Gasteiger partial charge in [-0.3, -0.25) is 0 Å². The highest BCUT2D eigenvalue weighted by Crippen LogP contribution is 2.31. The molecule has 112 valence electrons. The molecule has 0 aliphatic heterocycles. The zero-order valence-corrected chi connectivity index (χ0v) is 14.1. The fourth-order valence-corrected chi connectivity index (χ4v) is 2.79. The molecule has 1 unspecified atom stereocenters. The third-order valence-corrected chi connectivity index (χ3v) is 4.21. The molecule has 0 saturated carbocycles. The third kappa shape index (κ3) is 3.96. The molecule has 2 nitrogen and oxygen atoms in total. The molecule has 0 amide bonds. The molecule has 0 spiro atoms. The van der Waals surface area contributed by atoms with E-state index in [1.165, 1.54) is 12.1 Å². The summed E-state index contributed by atoms with van der Waals surface area (Å²) in [4.78, 5) is 0. The lowest BCUT2D eigenvalue weighted by Crippen LogP contribution is -2.19. The van der Waals surface area contributed by atoms with Crippen LogP contribution in [-0.4, -0.2) is 14.2 Å². The van der Waals surface area contributed by atoms with Crippen LogP contribution in [0.1, 0.15) is 17.2 Å². The Kier molecular flexibility index (Phi) is 5.62. The summed E-state index contributed by atoms with van der Waals surface area (Å²) in [5.74, 6) is 0.489. The van der Waals surface area contributed by atoms with Gasteiger partial charge in [0.2, 0.25) is 0 Å². The molecule has 0 saturated heterocycles. The Morgan fingerprint density at radius 3 is 2.71 bits per heavy atom. The third-order valence-electron chi connectivity index (χ3n) is 3.35. The molecule has 0 aromatic heterocycles. The van der Waals surface area contributed by atoms with Gasteiger partial charge in [0.1, 0.15) is 11.6 Å². The van der Waals surface area contributed by atoms with Gasteiger partial charge in [0.15, 0.2) is 0 Å². The van der Waals surface area contributed by atoms with E-state index in [0.29, 0.717) is 11.4 Å². The first-order valence-electron chi connectivity index (χ1n) is 6.49. The molecule has 2 rings (SSSR count). The lowest BCUT2D eigenvalue weighted by atomic mass is 9.98. The normalized spacial score (nSPS) is 12.2. The first-order valence-corrected chi connectivity index (χ1v) is 7.67. The molecular formula is C16H16BrClFNO. The largest absolute Gasteiger partial charge is 0.496 e. The van der Waals surface area contributed by atoms with Crippen molar-refractivity contribution >= 4 is 27.5 Å². The van der Waals surface area contributed by atoms with E-state index in [9.17, 15) is 4.39 Å². The molecule has 0 fully saturated rings. The molecule has 21 heavy (non-hydrogen) atoms. The predicted octanol–water partition coefficient (Wildman–Crippen LogP) is 4.75. The Hall–Kier alpha value is -1.10. The standard InChI is InChI=1S/C16H16BrClFNO/c1-20-15(8-10-7-12(19)4-6-14(10)18)13-5-3-11(17)9-16(13)21-2/h3-7,9,15,20H,8H2,1-2H3. The summed E-state index contributed by atoms with van der Waals surface area (Å²) < 4.78 is 19.8. The van der Waals surface area contributed by atoms with Crippen molar-refractivity contribution < 1.29 is 9.13 Å². The van der Waals surface area contributed by atoms with Crippen LogP contribution in [0.2, 0.25) is 5.02 Å². The van der Waals surface area contributed by atoms with E-state index in [-0.39, 0.29) is 11.9 Å². The molecule has 1 atom stereocenters. The van der Waals surface area contributed by atoms with Crippen LogP contribution in [0.15, 0.2) is 40.9 Å². The number of hydrogen-bond donors (Lipinski definition) is 1. The summed E-state index contributed by atoms with van der Waals surface area (Å²) in [6.07, 6.45) is 0.574. The molecule has 1 N–H and O–H groups in total. The Balaban J connectivity index is 2.34. The van der Waals surface area contributed by atoms with Crippen molar-refractivity contribution in [3.63, 3.8) is 0 Å². The van der Waals surface area contributed by atoms with Crippen molar-refractivity contribution in [2.45, 2.75) is 12.5 Å². The van der Waals surface area contributed by atoms with E-state index in [1.54, 1.807) is 13.2 Å². The predicted molar refractivity (Wildman–Crippen MR) is 87.6 cm³/mol. The minimum atomic E-state index is -0.285. The minimum absolute atomic E-state index is 0.0210. The Morgan fingerprint density at radius 1 is 1.29 bits per heavy atom. The number of nitrogens with one attached hydrogen (secondary N) is 1. The van der Waals surface area contributed by atoms with Crippen LogP contribution in [0, 0.1) is 5.82 Å². The van der Waals surface area contributed by atoms with Crippen LogP contribution in [0.25, 0.3) is 0 Å². The summed E-state index contributed by atoms with van der Waals surface area (Å²) in [6, 6.07) is 10.2. The van der Waals surface area contributed by atoms with Gasteiger partial charge >= 0.3 is 0 Å². The molecule has 2 aromatic carbocycles. The average molecular weight is 373 g/mol. The van der Waals surface area contributed by atoms with Gasteiger partial charge in [0.05, 0.1) is 7.11 Å². The second-order valence-electron chi connectivity index (χ2n) is 4.67. The van der Waals surface area contributed by atoms with Crippen LogP contribution in [0.5, 0.6) is 5.75 Å². The van der Waals surface area contributed by atoms with Gasteiger partial charge in [-0.05, 0) is 49.4 Å². The number of benzene rings is 2. The smallest absolute Gasteiger partial charge is 0.124 e. The molecule has 0 aliphatic rings. The average Bonchev–Trinajstić information content (AvgIpc) is 2.48.